The van der Waals surface area contributed by atoms with Gasteiger partial charge in [-0.1, -0.05) is 45.4 Å². The van der Waals surface area contributed by atoms with Crippen molar-refractivity contribution in [2.24, 2.45) is 0 Å². The third kappa shape index (κ3) is 4.51. The second-order valence-electron chi connectivity index (χ2n) is 4.81. The molecule has 0 saturated heterocycles. The molecule has 2 nitrogen and oxygen atoms in total. The van der Waals surface area contributed by atoms with Crippen LogP contribution in [0.3, 0.4) is 0 Å². The van der Waals surface area contributed by atoms with Crippen molar-refractivity contribution >= 4 is 11.6 Å². The predicted molar refractivity (Wildman–Crippen MR) is 78.4 cm³/mol. The molecule has 1 aromatic rings. The lowest BCUT2D eigenvalue weighted by Gasteiger charge is -2.20. The Balaban J connectivity index is 2.85. The first-order chi connectivity index (χ1) is 8.58. The minimum Gasteiger partial charge on any atom is -0.490 e. The molecule has 1 rings (SSSR count). The van der Waals surface area contributed by atoms with Gasteiger partial charge in [-0.25, -0.2) is 0 Å². The number of ether oxygens (including phenoxy) is 1. The van der Waals surface area contributed by atoms with Gasteiger partial charge in [0, 0.05) is 23.2 Å². The molecule has 0 radical (unpaired) electrons. The van der Waals surface area contributed by atoms with E-state index >= 15 is 0 Å². The molecule has 3 heteroatoms. The van der Waals surface area contributed by atoms with Crippen LogP contribution in [0.15, 0.2) is 18.2 Å². The van der Waals surface area contributed by atoms with Crippen LogP contribution in [0.1, 0.15) is 46.1 Å². The third-order valence-electron chi connectivity index (χ3n) is 2.97. The molecular formula is C15H24ClNO. The van der Waals surface area contributed by atoms with Crippen molar-refractivity contribution in [3.8, 4) is 5.75 Å². The second kappa shape index (κ2) is 7.65. The van der Waals surface area contributed by atoms with Gasteiger partial charge < -0.3 is 10.1 Å². The number of nitrogens with one attached hydrogen (secondary N) is 1. The van der Waals surface area contributed by atoms with Crippen molar-refractivity contribution in [1.29, 1.82) is 0 Å². The highest BCUT2D eigenvalue weighted by Crippen LogP contribution is 2.28. The summed E-state index contributed by atoms with van der Waals surface area (Å²) >= 11 is 6.26. The van der Waals surface area contributed by atoms with Gasteiger partial charge in [-0.05, 0) is 25.0 Å². The molecule has 0 heterocycles. The van der Waals surface area contributed by atoms with Crippen LogP contribution in [0.25, 0.3) is 0 Å². The molecule has 0 amide bonds. The lowest BCUT2D eigenvalue weighted by molar-refractivity contribution is 0.190. The average Bonchev–Trinajstić information content (AvgIpc) is 2.34. The molecule has 0 unspecified atom stereocenters. The number of halogens is 1. The summed E-state index contributed by atoms with van der Waals surface area (Å²) in [7, 11) is 0. The maximum absolute atomic E-state index is 6.26. The van der Waals surface area contributed by atoms with Gasteiger partial charge in [0.05, 0.1) is 6.10 Å². The van der Waals surface area contributed by atoms with Crippen LogP contribution in [-0.2, 0) is 6.54 Å². The second-order valence-corrected chi connectivity index (χ2v) is 5.22. The zero-order chi connectivity index (χ0) is 13.5. The van der Waals surface area contributed by atoms with Gasteiger partial charge in [0.15, 0.2) is 0 Å². The van der Waals surface area contributed by atoms with Crippen LogP contribution >= 0.6 is 11.6 Å². The molecular weight excluding hydrogens is 246 g/mol. The first-order valence-corrected chi connectivity index (χ1v) is 7.13. The number of rotatable bonds is 7. The Morgan fingerprint density at radius 3 is 2.44 bits per heavy atom. The zero-order valence-electron chi connectivity index (χ0n) is 11.8. The molecule has 18 heavy (non-hydrogen) atoms. The van der Waals surface area contributed by atoms with Gasteiger partial charge in [-0.15, -0.1) is 0 Å². The van der Waals surface area contributed by atoms with Crippen LogP contribution in [0.2, 0.25) is 5.02 Å². The Hall–Kier alpha value is -0.730. The molecule has 1 N–H and O–H groups in total. The van der Waals surface area contributed by atoms with Crippen LogP contribution in [-0.4, -0.2) is 12.1 Å². The molecule has 0 fully saturated rings. The Morgan fingerprint density at radius 1 is 1.22 bits per heavy atom. The lowest BCUT2D eigenvalue weighted by Crippen LogP contribution is -2.23. The predicted octanol–water partition coefficient (Wildman–Crippen LogP) is 4.41. The maximum atomic E-state index is 6.26. The summed E-state index contributed by atoms with van der Waals surface area (Å²) in [6, 6.07) is 6.29. The number of hydrogen-bond donors (Lipinski definition) is 1. The standard InChI is InChI=1S/C15H24ClNO/c1-5-12(6-2)18-15-9-7-8-14(16)13(15)10-17-11(3)4/h7-9,11-12,17H,5-6,10H2,1-4H3. The van der Waals surface area contributed by atoms with E-state index in [1.165, 1.54) is 0 Å². The summed E-state index contributed by atoms with van der Waals surface area (Å²) in [4.78, 5) is 0. The zero-order valence-corrected chi connectivity index (χ0v) is 12.6. The van der Waals surface area contributed by atoms with Crippen LogP contribution in [0.5, 0.6) is 5.75 Å². The van der Waals surface area contributed by atoms with Crippen molar-refractivity contribution < 1.29 is 4.74 Å². The summed E-state index contributed by atoms with van der Waals surface area (Å²) in [6.07, 6.45) is 2.29. The summed E-state index contributed by atoms with van der Waals surface area (Å²) in [5.74, 6) is 0.907. The Kier molecular flexibility index (Phi) is 6.51. The van der Waals surface area contributed by atoms with Crippen molar-refractivity contribution in [1.82, 2.24) is 5.32 Å². The topological polar surface area (TPSA) is 21.3 Å². The highest BCUT2D eigenvalue weighted by molar-refractivity contribution is 6.31. The van der Waals surface area contributed by atoms with E-state index in [4.69, 9.17) is 16.3 Å². The number of hydrogen-bond acceptors (Lipinski definition) is 2. The fourth-order valence-corrected chi connectivity index (χ4v) is 1.99. The van der Waals surface area contributed by atoms with E-state index in [1.807, 2.05) is 18.2 Å². The molecule has 0 atom stereocenters. The van der Waals surface area contributed by atoms with E-state index in [2.05, 4.69) is 33.0 Å². The summed E-state index contributed by atoms with van der Waals surface area (Å²) in [5.41, 5.74) is 1.06. The Bertz CT molecular complexity index is 362. The van der Waals surface area contributed by atoms with Crippen molar-refractivity contribution in [3.05, 3.63) is 28.8 Å². The highest BCUT2D eigenvalue weighted by atomic mass is 35.5. The van der Waals surface area contributed by atoms with Crippen LogP contribution in [0.4, 0.5) is 0 Å². The summed E-state index contributed by atoms with van der Waals surface area (Å²) in [6.45, 7) is 9.28. The Morgan fingerprint density at radius 2 is 1.89 bits per heavy atom. The van der Waals surface area contributed by atoms with Gasteiger partial charge in [-0.2, -0.15) is 0 Å². The number of benzene rings is 1. The van der Waals surface area contributed by atoms with E-state index in [1.54, 1.807) is 0 Å². The van der Waals surface area contributed by atoms with E-state index in [0.717, 1.165) is 35.7 Å². The molecule has 102 valence electrons. The van der Waals surface area contributed by atoms with Gasteiger partial charge in [0.2, 0.25) is 0 Å². The third-order valence-corrected chi connectivity index (χ3v) is 3.32. The first-order valence-electron chi connectivity index (χ1n) is 6.75. The minimum absolute atomic E-state index is 0.265. The molecule has 0 aliphatic carbocycles. The van der Waals surface area contributed by atoms with Gasteiger partial charge in [-0.3, -0.25) is 0 Å². The quantitative estimate of drug-likeness (QED) is 0.792. The monoisotopic (exact) mass is 269 g/mol. The molecule has 0 aromatic heterocycles. The highest BCUT2D eigenvalue weighted by Gasteiger charge is 2.12. The largest absolute Gasteiger partial charge is 0.490 e. The fraction of sp³-hybridized carbons (Fsp3) is 0.600. The van der Waals surface area contributed by atoms with Crippen molar-refractivity contribution in [3.63, 3.8) is 0 Å². The minimum atomic E-state index is 0.265. The SMILES string of the molecule is CCC(CC)Oc1cccc(Cl)c1CNC(C)C. The fourth-order valence-electron chi connectivity index (χ4n) is 1.76. The van der Waals surface area contributed by atoms with E-state index in [0.29, 0.717) is 6.04 Å². The van der Waals surface area contributed by atoms with Crippen molar-refractivity contribution in [2.75, 3.05) is 0 Å². The molecule has 0 spiro atoms. The van der Waals surface area contributed by atoms with Crippen molar-refractivity contribution in [2.45, 2.75) is 59.2 Å². The van der Waals surface area contributed by atoms with Gasteiger partial charge >= 0.3 is 0 Å². The Labute approximate surface area is 116 Å². The first kappa shape index (κ1) is 15.3. The molecule has 0 bridgehead atoms. The molecule has 0 aliphatic rings. The summed E-state index contributed by atoms with van der Waals surface area (Å²) in [5, 5.41) is 4.16. The molecule has 1 aromatic carbocycles. The van der Waals surface area contributed by atoms with E-state index in [-0.39, 0.29) is 6.10 Å². The smallest absolute Gasteiger partial charge is 0.125 e. The van der Waals surface area contributed by atoms with Gasteiger partial charge in [0.25, 0.3) is 0 Å². The van der Waals surface area contributed by atoms with Gasteiger partial charge in [0.1, 0.15) is 5.75 Å². The average molecular weight is 270 g/mol. The molecule has 0 saturated carbocycles. The van der Waals surface area contributed by atoms with Crippen LogP contribution in [0, 0.1) is 0 Å². The van der Waals surface area contributed by atoms with Crippen LogP contribution < -0.4 is 10.1 Å². The lowest BCUT2D eigenvalue weighted by atomic mass is 10.1. The van der Waals surface area contributed by atoms with E-state index in [9.17, 15) is 0 Å². The normalized spacial score (nSPS) is 11.3. The maximum Gasteiger partial charge on any atom is 0.125 e. The summed E-state index contributed by atoms with van der Waals surface area (Å²) < 4.78 is 6.03. The van der Waals surface area contributed by atoms with E-state index < -0.39 is 0 Å². The molecule has 0 aliphatic heterocycles.